The Kier molecular flexibility index (Phi) is 3.29. The second-order valence-corrected chi connectivity index (χ2v) is 2.69. The molecule has 0 radical (unpaired) electrons. The first-order valence-corrected chi connectivity index (χ1v) is 3.86. The van der Waals surface area contributed by atoms with Crippen LogP contribution >= 0.6 is 0 Å². The summed E-state index contributed by atoms with van der Waals surface area (Å²) in [6.07, 6.45) is 1.59. The number of hydrogen-bond donors (Lipinski definition) is 1. The van der Waals surface area contributed by atoms with Gasteiger partial charge in [0.05, 0.1) is 11.1 Å². The summed E-state index contributed by atoms with van der Waals surface area (Å²) in [5.41, 5.74) is 0.788. The molecule has 1 heterocycles. The summed E-state index contributed by atoms with van der Waals surface area (Å²) in [6.45, 7) is 0. The minimum Gasteiger partial charge on any atom is -1.00 e. The third-order valence-electron chi connectivity index (χ3n) is 1.86. The number of aromatic nitrogens is 1. The van der Waals surface area contributed by atoms with Crippen molar-refractivity contribution in [3.63, 3.8) is 0 Å². The van der Waals surface area contributed by atoms with Crippen LogP contribution in [0.4, 0.5) is 0 Å². The van der Waals surface area contributed by atoms with Gasteiger partial charge in [0.25, 0.3) is 0 Å². The summed E-state index contributed by atoms with van der Waals surface area (Å²) in [5, 5.41) is 9.69. The molecule has 0 saturated carbocycles. The number of para-hydroxylation sites is 1. The number of carboxylic acids is 1. The van der Waals surface area contributed by atoms with E-state index in [1.54, 1.807) is 24.4 Å². The molecular formula is C10H8LiNO2. The average molecular weight is 181 g/mol. The van der Waals surface area contributed by atoms with Gasteiger partial charge in [0.1, 0.15) is 0 Å². The molecule has 2 rings (SSSR count). The van der Waals surface area contributed by atoms with Gasteiger partial charge in [-0.3, -0.25) is 4.98 Å². The summed E-state index contributed by atoms with van der Waals surface area (Å²) < 4.78 is 0. The fourth-order valence-electron chi connectivity index (χ4n) is 1.28. The van der Waals surface area contributed by atoms with Gasteiger partial charge in [-0.2, -0.15) is 0 Å². The van der Waals surface area contributed by atoms with Gasteiger partial charge in [-0.15, -0.1) is 0 Å². The maximum atomic E-state index is 10.8. The van der Waals surface area contributed by atoms with E-state index in [2.05, 4.69) is 4.98 Å². The molecule has 4 heteroatoms. The molecule has 0 fully saturated rings. The molecule has 0 spiro atoms. The van der Waals surface area contributed by atoms with Crippen molar-refractivity contribution in [2.45, 2.75) is 0 Å². The zero-order valence-electron chi connectivity index (χ0n) is 8.77. The van der Waals surface area contributed by atoms with Crippen molar-refractivity contribution >= 4 is 16.9 Å². The quantitative estimate of drug-likeness (QED) is 0.577. The second-order valence-electron chi connectivity index (χ2n) is 2.69. The van der Waals surface area contributed by atoms with Crippen LogP contribution in [0.1, 0.15) is 11.8 Å². The zero-order chi connectivity index (χ0) is 9.26. The maximum absolute atomic E-state index is 10.8. The van der Waals surface area contributed by atoms with Gasteiger partial charge in [0, 0.05) is 11.6 Å². The van der Waals surface area contributed by atoms with Crippen LogP contribution in [0, 0.1) is 0 Å². The molecule has 14 heavy (non-hydrogen) atoms. The van der Waals surface area contributed by atoms with Crippen LogP contribution in [-0.2, 0) is 0 Å². The number of pyridine rings is 1. The Balaban J connectivity index is 0.000000980. The van der Waals surface area contributed by atoms with E-state index in [9.17, 15) is 4.79 Å². The molecule has 1 aromatic carbocycles. The van der Waals surface area contributed by atoms with Crippen LogP contribution in [0.5, 0.6) is 0 Å². The SMILES string of the molecule is O=C(O)c1cccc2cccnc12.[H-].[Li+]. The summed E-state index contributed by atoms with van der Waals surface area (Å²) in [7, 11) is 0. The van der Waals surface area contributed by atoms with E-state index in [-0.39, 0.29) is 25.9 Å². The van der Waals surface area contributed by atoms with Crippen molar-refractivity contribution in [2.24, 2.45) is 0 Å². The normalized spacial score (nSPS) is 9.43. The van der Waals surface area contributed by atoms with Crippen LogP contribution in [0.3, 0.4) is 0 Å². The van der Waals surface area contributed by atoms with E-state index in [0.29, 0.717) is 5.52 Å². The van der Waals surface area contributed by atoms with Crippen LogP contribution in [0.2, 0.25) is 0 Å². The fraction of sp³-hybridized carbons (Fsp3) is 0. The van der Waals surface area contributed by atoms with Crippen molar-refractivity contribution in [1.29, 1.82) is 0 Å². The molecule has 0 atom stereocenters. The molecule has 0 aliphatic carbocycles. The van der Waals surface area contributed by atoms with Gasteiger partial charge in [-0.25, -0.2) is 4.79 Å². The average Bonchev–Trinajstić information content (AvgIpc) is 2.17. The molecule has 1 aromatic heterocycles. The summed E-state index contributed by atoms with van der Waals surface area (Å²) >= 11 is 0. The van der Waals surface area contributed by atoms with Crippen molar-refractivity contribution in [2.75, 3.05) is 0 Å². The van der Waals surface area contributed by atoms with Gasteiger partial charge in [0.2, 0.25) is 0 Å². The number of nitrogens with zero attached hydrogens (tertiary/aromatic N) is 1. The van der Waals surface area contributed by atoms with Crippen LogP contribution < -0.4 is 18.9 Å². The Labute approximate surface area is 94.4 Å². The van der Waals surface area contributed by atoms with Crippen molar-refractivity contribution in [1.82, 2.24) is 4.98 Å². The second kappa shape index (κ2) is 4.27. The molecule has 0 unspecified atom stereocenters. The molecule has 0 amide bonds. The Hall–Kier alpha value is -1.30. The summed E-state index contributed by atoms with van der Waals surface area (Å²) in [6, 6.07) is 8.74. The van der Waals surface area contributed by atoms with Crippen molar-refractivity contribution < 1.29 is 30.2 Å². The van der Waals surface area contributed by atoms with Crippen LogP contribution in [-0.4, -0.2) is 16.1 Å². The first kappa shape index (κ1) is 10.8. The number of carboxylic acid groups (broad SMARTS) is 1. The smallest absolute Gasteiger partial charge is 1.00 e. The number of benzene rings is 1. The van der Waals surface area contributed by atoms with Gasteiger partial charge in [-0.1, -0.05) is 18.2 Å². The number of fused-ring (bicyclic) bond motifs is 1. The van der Waals surface area contributed by atoms with Gasteiger partial charge >= 0.3 is 24.8 Å². The number of aromatic carboxylic acids is 1. The molecule has 0 saturated heterocycles. The number of rotatable bonds is 1. The summed E-state index contributed by atoms with van der Waals surface area (Å²) in [4.78, 5) is 14.8. The van der Waals surface area contributed by atoms with Crippen molar-refractivity contribution in [3.8, 4) is 0 Å². The topological polar surface area (TPSA) is 50.2 Å². The molecule has 0 aliphatic heterocycles. The minimum absolute atomic E-state index is 0. The van der Waals surface area contributed by atoms with E-state index in [0.717, 1.165) is 5.39 Å². The monoisotopic (exact) mass is 181 g/mol. The molecule has 0 bridgehead atoms. The van der Waals surface area contributed by atoms with Gasteiger partial charge in [0.15, 0.2) is 0 Å². The van der Waals surface area contributed by atoms with E-state index in [1.165, 1.54) is 0 Å². The Morgan fingerprint density at radius 2 is 2.00 bits per heavy atom. The predicted molar refractivity (Wildman–Crippen MR) is 49.8 cm³/mol. The van der Waals surface area contributed by atoms with E-state index >= 15 is 0 Å². The molecule has 2 aromatic rings. The van der Waals surface area contributed by atoms with Crippen LogP contribution in [0.15, 0.2) is 36.5 Å². The van der Waals surface area contributed by atoms with E-state index < -0.39 is 5.97 Å². The van der Waals surface area contributed by atoms with Gasteiger partial charge < -0.3 is 6.53 Å². The molecular weight excluding hydrogens is 173 g/mol. The number of hydrogen-bond acceptors (Lipinski definition) is 2. The fourth-order valence-corrected chi connectivity index (χ4v) is 1.28. The van der Waals surface area contributed by atoms with E-state index in [4.69, 9.17) is 5.11 Å². The van der Waals surface area contributed by atoms with E-state index in [1.807, 2.05) is 12.1 Å². The van der Waals surface area contributed by atoms with Gasteiger partial charge in [-0.05, 0) is 12.1 Å². The predicted octanol–water partition coefficient (Wildman–Crippen LogP) is -0.951. The third kappa shape index (κ3) is 1.79. The largest absolute Gasteiger partial charge is 1.00 e. The molecule has 1 N–H and O–H groups in total. The number of carbonyl (C=O) groups is 1. The standard InChI is InChI=1S/C10H7NO2.Li.H/c12-10(13)8-5-1-3-7-4-2-6-11-9(7)8;;/h1-6H,(H,12,13);;/q;+1;-1. The Morgan fingerprint density at radius 3 is 2.71 bits per heavy atom. The van der Waals surface area contributed by atoms with Crippen LogP contribution in [0.25, 0.3) is 10.9 Å². The maximum Gasteiger partial charge on any atom is 1.00 e. The zero-order valence-corrected chi connectivity index (χ0v) is 7.77. The first-order chi connectivity index (χ1) is 6.29. The first-order valence-electron chi connectivity index (χ1n) is 3.86. The van der Waals surface area contributed by atoms with Crippen molar-refractivity contribution in [3.05, 3.63) is 42.1 Å². The molecule has 0 aliphatic rings. The molecule has 66 valence electrons. The summed E-state index contributed by atoms with van der Waals surface area (Å²) in [5.74, 6) is -0.940. The third-order valence-corrected chi connectivity index (χ3v) is 1.86. The Bertz CT molecular complexity index is 470. The Morgan fingerprint density at radius 1 is 1.29 bits per heavy atom. The minimum atomic E-state index is -0.940. The molecule has 3 nitrogen and oxygen atoms in total.